The van der Waals surface area contributed by atoms with Crippen molar-refractivity contribution in [2.45, 2.75) is 33.0 Å². The van der Waals surface area contributed by atoms with Gasteiger partial charge >= 0.3 is 0 Å². The van der Waals surface area contributed by atoms with Gasteiger partial charge in [0.1, 0.15) is 5.75 Å². The molecule has 0 bridgehead atoms. The lowest BCUT2D eigenvalue weighted by Crippen LogP contribution is -2.16. The first kappa shape index (κ1) is 12.5. The maximum absolute atomic E-state index is 5.57. The third-order valence-corrected chi connectivity index (χ3v) is 2.49. The molecule has 2 nitrogen and oxygen atoms in total. The second-order valence-corrected chi connectivity index (χ2v) is 4.28. The topological polar surface area (TPSA) is 18.5 Å². The minimum atomic E-state index is -0.183. The Morgan fingerprint density at radius 3 is 2.53 bits per heavy atom. The van der Waals surface area contributed by atoms with Crippen molar-refractivity contribution >= 4 is 15.9 Å². The summed E-state index contributed by atoms with van der Waals surface area (Å²) in [5.41, 5.74) is 0. The van der Waals surface area contributed by atoms with Gasteiger partial charge in [0, 0.05) is 4.47 Å². The Labute approximate surface area is 99.7 Å². The van der Waals surface area contributed by atoms with Crippen LogP contribution >= 0.6 is 15.9 Å². The fourth-order valence-electron chi connectivity index (χ4n) is 1.13. The summed E-state index contributed by atoms with van der Waals surface area (Å²) in [5.74, 6) is 0.835. The lowest BCUT2D eigenvalue weighted by molar-refractivity contribution is -0.0673. The van der Waals surface area contributed by atoms with Gasteiger partial charge in [0.05, 0.1) is 6.61 Å². The zero-order chi connectivity index (χ0) is 11.1. The normalized spacial score (nSPS) is 12.5. The van der Waals surface area contributed by atoms with Crippen molar-refractivity contribution in [3.63, 3.8) is 0 Å². The Bertz CT molecular complexity index is 271. The van der Waals surface area contributed by atoms with Crippen LogP contribution in [0.1, 0.15) is 26.7 Å². The van der Waals surface area contributed by atoms with Crippen LogP contribution in [0.5, 0.6) is 5.75 Å². The van der Waals surface area contributed by atoms with Gasteiger partial charge in [0.25, 0.3) is 0 Å². The summed E-state index contributed by atoms with van der Waals surface area (Å²) in [6.07, 6.45) is 2.04. The second kappa shape index (κ2) is 6.85. The van der Waals surface area contributed by atoms with Crippen LogP contribution in [0, 0.1) is 0 Å². The quantitative estimate of drug-likeness (QED) is 0.576. The van der Waals surface area contributed by atoms with E-state index in [1.807, 2.05) is 31.2 Å². The number of ether oxygens (including phenoxy) is 2. The molecule has 0 aliphatic heterocycles. The summed E-state index contributed by atoms with van der Waals surface area (Å²) in [6.45, 7) is 4.81. The van der Waals surface area contributed by atoms with Gasteiger partial charge in [-0.05, 0) is 37.6 Å². The van der Waals surface area contributed by atoms with Gasteiger partial charge in [-0.25, -0.2) is 0 Å². The highest BCUT2D eigenvalue weighted by Gasteiger charge is 2.02. The van der Waals surface area contributed by atoms with Gasteiger partial charge in [-0.3, -0.25) is 0 Å². The van der Waals surface area contributed by atoms with Gasteiger partial charge in [-0.2, -0.15) is 0 Å². The molecular weight excluding hydrogens is 256 g/mol. The Balaban J connectivity index is 2.31. The van der Waals surface area contributed by atoms with Crippen LogP contribution < -0.4 is 4.74 Å². The van der Waals surface area contributed by atoms with E-state index >= 15 is 0 Å². The van der Waals surface area contributed by atoms with Crippen molar-refractivity contribution in [1.29, 1.82) is 0 Å². The van der Waals surface area contributed by atoms with Gasteiger partial charge in [-0.1, -0.05) is 29.3 Å². The van der Waals surface area contributed by atoms with Crippen LogP contribution in [0.4, 0.5) is 0 Å². The van der Waals surface area contributed by atoms with Crippen molar-refractivity contribution in [3.8, 4) is 5.75 Å². The summed E-state index contributed by atoms with van der Waals surface area (Å²) >= 11 is 3.38. The monoisotopic (exact) mass is 272 g/mol. The molecule has 1 aromatic carbocycles. The molecule has 1 unspecified atom stereocenters. The number of benzene rings is 1. The minimum Gasteiger partial charge on any atom is -0.465 e. The molecule has 0 aliphatic carbocycles. The van der Waals surface area contributed by atoms with Crippen molar-refractivity contribution < 1.29 is 9.47 Å². The molecule has 15 heavy (non-hydrogen) atoms. The van der Waals surface area contributed by atoms with Crippen molar-refractivity contribution in [1.82, 2.24) is 0 Å². The predicted octanol–water partition coefficient (Wildman–Crippen LogP) is 3.99. The van der Waals surface area contributed by atoms with Gasteiger partial charge in [0.15, 0.2) is 6.29 Å². The lowest BCUT2D eigenvalue weighted by Gasteiger charge is -2.15. The molecular formula is C12H17BrO2. The molecule has 0 amide bonds. The van der Waals surface area contributed by atoms with Gasteiger partial charge in [-0.15, -0.1) is 0 Å². The molecule has 0 heterocycles. The van der Waals surface area contributed by atoms with Crippen LogP contribution in [0.25, 0.3) is 0 Å². The van der Waals surface area contributed by atoms with E-state index in [9.17, 15) is 0 Å². The summed E-state index contributed by atoms with van der Waals surface area (Å²) in [5, 5.41) is 0. The van der Waals surface area contributed by atoms with Crippen LogP contribution in [0.15, 0.2) is 28.7 Å². The summed E-state index contributed by atoms with van der Waals surface area (Å²) in [7, 11) is 0. The highest BCUT2D eigenvalue weighted by atomic mass is 79.9. The van der Waals surface area contributed by atoms with Crippen LogP contribution in [0.2, 0.25) is 0 Å². The fraction of sp³-hybridized carbons (Fsp3) is 0.500. The minimum absolute atomic E-state index is 0.183. The van der Waals surface area contributed by atoms with Gasteiger partial charge in [0.2, 0.25) is 0 Å². The predicted molar refractivity (Wildman–Crippen MR) is 65.1 cm³/mol. The zero-order valence-electron chi connectivity index (χ0n) is 9.20. The van der Waals surface area contributed by atoms with E-state index < -0.39 is 0 Å². The molecule has 84 valence electrons. The molecule has 0 spiro atoms. The number of rotatable bonds is 6. The van der Waals surface area contributed by atoms with E-state index in [-0.39, 0.29) is 6.29 Å². The lowest BCUT2D eigenvalue weighted by atomic mass is 10.3. The highest BCUT2D eigenvalue weighted by molar-refractivity contribution is 9.10. The number of hydrogen-bond acceptors (Lipinski definition) is 2. The van der Waals surface area contributed by atoms with Crippen molar-refractivity contribution in [2.75, 3.05) is 6.61 Å². The first-order valence-corrected chi connectivity index (χ1v) is 6.05. The summed E-state index contributed by atoms with van der Waals surface area (Å²) in [4.78, 5) is 0. The van der Waals surface area contributed by atoms with E-state index in [1.165, 1.54) is 0 Å². The number of hydrogen-bond donors (Lipinski definition) is 0. The SMILES string of the molecule is CCCCOC(C)Oc1ccc(Br)cc1. The van der Waals surface area contributed by atoms with Crippen LogP contribution in [0.3, 0.4) is 0 Å². The van der Waals surface area contributed by atoms with E-state index in [2.05, 4.69) is 22.9 Å². The zero-order valence-corrected chi connectivity index (χ0v) is 10.8. The molecule has 0 N–H and O–H groups in total. The number of halogens is 1. The smallest absolute Gasteiger partial charge is 0.196 e. The first-order chi connectivity index (χ1) is 7.22. The first-order valence-electron chi connectivity index (χ1n) is 5.26. The van der Waals surface area contributed by atoms with Crippen LogP contribution in [-0.2, 0) is 4.74 Å². The highest BCUT2D eigenvalue weighted by Crippen LogP contribution is 2.17. The third-order valence-electron chi connectivity index (χ3n) is 1.97. The standard InChI is InChI=1S/C12H17BrO2/c1-3-4-9-14-10(2)15-12-7-5-11(13)6-8-12/h5-8,10H,3-4,9H2,1-2H3. The van der Waals surface area contributed by atoms with E-state index in [1.54, 1.807) is 0 Å². The Hall–Kier alpha value is -0.540. The maximum Gasteiger partial charge on any atom is 0.196 e. The molecule has 0 saturated carbocycles. The Morgan fingerprint density at radius 1 is 1.27 bits per heavy atom. The van der Waals surface area contributed by atoms with Crippen molar-refractivity contribution in [3.05, 3.63) is 28.7 Å². The largest absolute Gasteiger partial charge is 0.465 e. The molecule has 1 rings (SSSR count). The molecule has 1 atom stereocenters. The van der Waals surface area contributed by atoms with E-state index in [4.69, 9.17) is 9.47 Å². The molecule has 0 saturated heterocycles. The Kier molecular flexibility index (Phi) is 5.73. The fourth-order valence-corrected chi connectivity index (χ4v) is 1.40. The van der Waals surface area contributed by atoms with E-state index in [0.29, 0.717) is 0 Å². The maximum atomic E-state index is 5.57. The van der Waals surface area contributed by atoms with Crippen molar-refractivity contribution in [2.24, 2.45) is 0 Å². The van der Waals surface area contributed by atoms with Gasteiger partial charge < -0.3 is 9.47 Å². The average Bonchev–Trinajstić information content (AvgIpc) is 2.22. The Morgan fingerprint density at radius 2 is 1.93 bits per heavy atom. The summed E-state index contributed by atoms with van der Waals surface area (Å²) < 4.78 is 12.1. The average molecular weight is 273 g/mol. The molecule has 0 aliphatic rings. The van der Waals surface area contributed by atoms with Crippen LogP contribution in [-0.4, -0.2) is 12.9 Å². The molecule has 3 heteroatoms. The molecule has 0 radical (unpaired) electrons. The second-order valence-electron chi connectivity index (χ2n) is 3.36. The number of unbranched alkanes of at least 4 members (excludes halogenated alkanes) is 1. The van der Waals surface area contributed by atoms with E-state index in [0.717, 1.165) is 29.7 Å². The molecule has 1 aromatic rings. The third kappa shape index (κ3) is 5.19. The molecule has 0 aromatic heterocycles. The molecule has 0 fully saturated rings. The summed E-state index contributed by atoms with van der Waals surface area (Å²) in [6, 6.07) is 7.75.